The van der Waals surface area contributed by atoms with E-state index in [1.165, 1.54) is 0 Å². The minimum Gasteiger partial charge on any atom is -0.492 e. The van der Waals surface area contributed by atoms with Gasteiger partial charge in [0.25, 0.3) is 0 Å². The number of methoxy groups -OCH3 is 2. The third-order valence-electron chi connectivity index (χ3n) is 3.60. The van der Waals surface area contributed by atoms with Crippen LogP contribution in [0.15, 0.2) is 29.3 Å². The molecule has 0 spiro atoms. The minimum atomic E-state index is 0.642. The first-order chi connectivity index (χ1) is 12.2. The Hall–Kier alpha value is -1.83. The molecule has 0 saturated carbocycles. The predicted octanol–water partition coefficient (Wildman–Crippen LogP) is 0.955. The highest BCUT2D eigenvalue weighted by Gasteiger charge is 2.02. The van der Waals surface area contributed by atoms with Gasteiger partial charge in [-0.25, -0.2) is 0 Å². The van der Waals surface area contributed by atoms with Crippen molar-refractivity contribution < 1.29 is 14.2 Å². The Morgan fingerprint density at radius 2 is 1.84 bits per heavy atom. The topological polar surface area (TPSA) is 67.4 Å². The van der Waals surface area contributed by atoms with Gasteiger partial charge in [-0.1, -0.05) is 12.1 Å². The summed E-state index contributed by atoms with van der Waals surface area (Å²) in [6, 6.07) is 8.09. The van der Waals surface area contributed by atoms with Crippen molar-refractivity contribution in [3.05, 3.63) is 29.8 Å². The Bertz CT molecular complexity index is 497. The molecular weight excluding hydrogens is 320 g/mol. The highest BCUT2D eigenvalue weighted by atomic mass is 16.5. The lowest BCUT2D eigenvalue weighted by Crippen LogP contribution is -2.38. The van der Waals surface area contributed by atoms with Gasteiger partial charge in [0.2, 0.25) is 0 Å². The van der Waals surface area contributed by atoms with E-state index in [1.54, 1.807) is 21.3 Å². The molecule has 0 heterocycles. The van der Waals surface area contributed by atoms with Crippen LogP contribution in [0, 0.1) is 0 Å². The van der Waals surface area contributed by atoms with Crippen LogP contribution in [-0.4, -0.2) is 78.6 Å². The molecule has 0 aliphatic rings. The first-order valence-corrected chi connectivity index (χ1v) is 8.52. The van der Waals surface area contributed by atoms with Crippen LogP contribution >= 0.6 is 0 Å². The molecule has 0 bridgehead atoms. The van der Waals surface area contributed by atoms with Crippen LogP contribution in [0.3, 0.4) is 0 Å². The average Bonchev–Trinajstić information content (AvgIpc) is 2.63. The summed E-state index contributed by atoms with van der Waals surface area (Å²) in [5, 5.41) is 6.46. The molecule has 7 nitrogen and oxygen atoms in total. The van der Waals surface area contributed by atoms with E-state index < -0.39 is 0 Å². The lowest BCUT2D eigenvalue weighted by molar-refractivity contribution is 0.150. The van der Waals surface area contributed by atoms with E-state index in [-0.39, 0.29) is 0 Å². The van der Waals surface area contributed by atoms with E-state index in [1.807, 2.05) is 18.2 Å². The van der Waals surface area contributed by atoms with Gasteiger partial charge in [-0.2, -0.15) is 0 Å². The van der Waals surface area contributed by atoms with Gasteiger partial charge < -0.3 is 29.7 Å². The molecule has 1 aromatic rings. The third-order valence-corrected chi connectivity index (χ3v) is 3.60. The van der Waals surface area contributed by atoms with Gasteiger partial charge >= 0.3 is 0 Å². The maximum atomic E-state index is 5.84. The smallest absolute Gasteiger partial charge is 0.191 e. The number of nitrogens with one attached hydrogen (secondary N) is 2. The summed E-state index contributed by atoms with van der Waals surface area (Å²) in [5.41, 5.74) is 1.14. The van der Waals surface area contributed by atoms with Crippen LogP contribution in [-0.2, 0) is 16.0 Å². The van der Waals surface area contributed by atoms with Gasteiger partial charge in [0.05, 0.1) is 13.2 Å². The lowest BCUT2D eigenvalue weighted by Gasteiger charge is -2.16. The van der Waals surface area contributed by atoms with Crippen LogP contribution in [0.2, 0.25) is 0 Å². The molecule has 0 aliphatic heterocycles. The van der Waals surface area contributed by atoms with Gasteiger partial charge in [0.15, 0.2) is 5.96 Å². The van der Waals surface area contributed by atoms with Crippen molar-refractivity contribution in [3.8, 4) is 5.75 Å². The molecule has 0 radical (unpaired) electrons. The molecule has 1 rings (SSSR count). The molecule has 142 valence electrons. The van der Waals surface area contributed by atoms with Crippen molar-refractivity contribution in [1.82, 2.24) is 15.5 Å². The zero-order chi connectivity index (χ0) is 18.3. The van der Waals surface area contributed by atoms with Gasteiger partial charge in [-0.3, -0.25) is 4.99 Å². The van der Waals surface area contributed by atoms with Crippen LogP contribution in [0.1, 0.15) is 5.56 Å². The predicted molar refractivity (Wildman–Crippen MR) is 101 cm³/mol. The molecule has 25 heavy (non-hydrogen) atoms. The van der Waals surface area contributed by atoms with E-state index in [9.17, 15) is 0 Å². The Morgan fingerprint density at radius 3 is 2.56 bits per heavy atom. The number of hydrogen-bond donors (Lipinski definition) is 2. The highest BCUT2D eigenvalue weighted by Crippen LogP contribution is 2.13. The fourth-order valence-corrected chi connectivity index (χ4v) is 2.10. The summed E-state index contributed by atoms with van der Waals surface area (Å²) in [5.74, 6) is 1.63. The van der Waals surface area contributed by atoms with Gasteiger partial charge in [0, 0.05) is 47.4 Å². The molecule has 0 fully saturated rings. The molecule has 2 N–H and O–H groups in total. The maximum absolute atomic E-state index is 5.84. The molecule has 7 heteroatoms. The van der Waals surface area contributed by atoms with Crippen molar-refractivity contribution in [3.63, 3.8) is 0 Å². The van der Waals surface area contributed by atoms with Crippen molar-refractivity contribution in [2.45, 2.75) is 6.54 Å². The molecular formula is C18H32N4O3. The largest absolute Gasteiger partial charge is 0.492 e. The number of ether oxygens (including phenoxy) is 3. The number of guanidine groups is 1. The monoisotopic (exact) mass is 352 g/mol. The number of rotatable bonds is 12. The summed E-state index contributed by atoms with van der Waals surface area (Å²) in [6.45, 7) is 5.19. The first kappa shape index (κ1) is 21.2. The minimum absolute atomic E-state index is 0.642. The molecule has 0 aliphatic carbocycles. The zero-order valence-electron chi connectivity index (χ0n) is 15.9. The van der Waals surface area contributed by atoms with E-state index in [0.717, 1.165) is 43.5 Å². The van der Waals surface area contributed by atoms with Gasteiger partial charge in [-0.05, 0) is 24.7 Å². The lowest BCUT2D eigenvalue weighted by atomic mass is 10.2. The Balaban J connectivity index is 2.36. The molecule has 0 unspecified atom stereocenters. The highest BCUT2D eigenvalue weighted by molar-refractivity contribution is 5.79. The zero-order valence-corrected chi connectivity index (χ0v) is 15.9. The van der Waals surface area contributed by atoms with Crippen LogP contribution in [0.5, 0.6) is 5.75 Å². The maximum Gasteiger partial charge on any atom is 0.191 e. The Kier molecular flexibility index (Phi) is 11.4. The summed E-state index contributed by atoms with van der Waals surface area (Å²) in [4.78, 5) is 6.37. The number of benzene rings is 1. The fourth-order valence-electron chi connectivity index (χ4n) is 2.10. The summed E-state index contributed by atoms with van der Waals surface area (Å²) >= 11 is 0. The number of likely N-dealkylation sites (N-methyl/N-ethyl adjacent to an activating group) is 1. The van der Waals surface area contributed by atoms with Crippen molar-refractivity contribution in [2.24, 2.45) is 4.99 Å². The number of aliphatic imine (C=N–C) groups is 1. The van der Waals surface area contributed by atoms with Gasteiger partial charge in [0.1, 0.15) is 12.4 Å². The molecule has 1 aromatic carbocycles. The summed E-state index contributed by atoms with van der Waals surface area (Å²) in [6.07, 6.45) is 0. The standard InChI is InChI=1S/C18H32N4O3/c1-19-18(20-8-11-23-3)21-15-16-6-5-7-17(14-16)25-13-10-22(2)9-12-24-4/h5-7,14H,8-13,15H2,1-4H3,(H2,19,20,21). The SMILES string of the molecule is CN=C(NCCOC)NCc1cccc(OCCN(C)CCOC)c1. The third kappa shape index (κ3) is 9.91. The second-order valence-corrected chi connectivity index (χ2v) is 5.64. The summed E-state index contributed by atoms with van der Waals surface area (Å²) in [7, 11) is 7.21. The molecule has 0 atom stereocenters. The Morgan fingerprint density at radius 1 is 1.08 bits per heavy atom. The quantitative estimate of drug-likeness (QED) is 0.332. The summed E-state index contributed by atoms with van der Waals surface area (Å²) < 4.78 is 15.9. The van der Waals surface area contributed by atoms with E-state index in [2.05, 4.69) is 33.6 Å². The van der Waals surface area contributed by atoms with Crippen molar-refractivity contribution >= 4 is 5.96 Å². The molecule has 0 aromatic heterocycles. The van der Waals surface area contributed by atoms with Crippen LogP contribution in [0.25, 0.3) is 0 Å². The van der Waals surface area contributed by atoms with Crippen molar-refractivity contribution in [1.29, 1.82) is 0 Å². The average molecular weight is 352 g/mol. The molecule has 0 saturated heterocycles. The Labute approximate surface area is 151 Å². The van der Waals surface area contributed by atoms with Gasteiger partial charge in [-0.15, -0.1) is 0 Å². The van der Waals surface area contributed by atoms with Crippen molar-refractivity contribution in [2.75, 3.05) is 67.8 Å². The van der Waals surface area contributed by atoms with Crippen LogP contribution in [0.4, 0.5) is 0 Å². The van der Waals surface area contributed by atoms with Crippen LogP contribution < -0.4 is 15.4 Å². The number of nitrogens with zero attached hydrogens (tertiary/aromatic N) is 2. The fraction of sp³-hybridized carbons (Fsp3) is 0.611. The molecule has 0 amide bonds. The van der Waals surface area contributed by atoms with E-state index in [4.69, 9.17) is 14.2 Å². The first-order valence-electron chi connectivity index (χ1n) is 8.52. The van der Waals surface area contributed by atoms with E-state index in [0.29, 0.717) is 19.8 Å². The second-order valence-electron chi connectivity index (χ2n) is 5.64. The normalized spacial score (nSPS) is 11.6. The van der Waals surface area contributed by atoms with E-state index >= 15 is 0 Å². The second kappa shape index (κ2) is 13.5. The number of hydrogen-bond acceptors (Lipinski definition) is 5.